The molecule has 0 amide bonds. The quantitative estimate of drug-likeness (QED) is 0.889. The molecule has 114 valence electrons. The summed E-state index contributed by atoms with van der Waals surface area (Å²) < 4.78 is 27.3. The molecule has 2 rings (SSSR count). The normalized spacial score (nSPS) is 13.5. The Labute approximate surface area is 130 Å². The number of nitrogens with zero attached hydrogens (tertiary/aromatic N) is 1. The summed E-state index contributed by atoms with van der Waals surface area (Å²) in [5.41, 5.74) is 2.16. The highest BCUT2D eigenvalue weighted by molar-refractivity contribution is 7.89. The molecule has 1 aromatic heterocycles. The van der Waals surface area contributed by atoms with Crippen LogP contribution in [0.3, 0.4) is 0 Å². The smallest absolute Gasteiger partial charge is 0.240 e. The SMILES string of the molecule is Cc1ccc(S(=O)(=O)NC[C@H](c2ccsc2)N(C)C)cc1. The fraction of sp³-hybridized carbons (Fsp3) is 0.333. The highest BCUT2D eigenvalue weighted by atomic mass is 32.2. The summed E-state index contributed by atoms with van der Waals surface area (Å²) in [5.74, 6) is 0. The largest absolute Gasteiger partial charge is 0.301 e. The molecule has 0 aliphatic heterocycles. The molecule has 4 nitrogen and oxygen atoms in total. The monoisotopic (exact) mass is 324 g/mol. The van der Waals surface area contributed by atoms with E-state index in [1.165, 1.54) is 0 Å². The third-order valence-corrected chi connectivity index (χ3v) is 5.49. The Kier molecular flexibility index (Phi) is 5.16. The zero-order valence-electron chi connectivity index (χ0n) is 12.4. The maximum absolute atomic E-state index is 12.3. The molecule has 1 aromatic carbocycles. The summed E-state index contributed by atoms with van der Waals surface area (Å²) >= 11 is 1.61. The number of likely N-dealkylation sites (N-methyl/N-ethyl adjacent to an activating group) is 1. The first kappa shape index (κ1) is 16.2. The average molecular weight is 324 g/mol. The van der Waals surface area contributed by atoms with E-state index in [0.29, 0.717) is 11.4 Å². The molecule has 1 N–H and O–H groups in total. The van der Waals surface area contributed by atoms with Crippen LogP contribution >= 0.6 is 11.3 Å². The number of hydrogen-bond donors (Lipinski definition) is 1. The van der Waals surface area contributed by atoms with Crippen molar-refractivity contribution in [2.75, 3.05) is 20.6 Å². The van der Waals surface area contributed by atoms with Crippen molar-refractivity contribution in [3.05, 3.63) is 52.2 Å². The van der Waals surface area contributed by atoms with Crippen LogP contribution in [0.4, 0.5) is 0 Å². The Morgan fingerprint density at radius 2 is 1.86 bits per heavy atom. The first-order valence-electron chi connectivity index (χ1n) is 6.65. The van der Waals surface area contributed by atoms with Crippen LogP contribution < -0.4 is 4.72 Å². The summed E-state index contributed by atoms with van der Waals surface area (Å²) in [7, 11) is 0.424. The molecule has 0 aliphatic carbocycles. The second-order valence-corrected chi connectivity index (χ2v) is 7.75. The van der Waals surface area contributed by atoms with Crippen molar-refractivity contribution in [3.8, 4) is 0 Å². The van der Waals surface area contributed by atoms with Gasteiger partial charge in [-0.1, -0.05) is 17.7 Å². The van der Waals surface area contributed by atoms with Gasteiger partial charge in [-0.05, 0) is 55.5 Å². The van der Waals surface area contributed by atoms with Crippen LogP contribution in [0.5, 0.6) is 0 Å². The van der Waals surface area contributed by atoms with Gasteiger partial charge < -0.3 is 4.90 Å². The molecule has 6 heteroatoms. The van der Waals surface area contributed by atoms with Gasteiger partial charge in [-0.3, -0.25) is 0 Å². The Balaban J connectivity index is 2.11. The van der Waals surface area contributed by atoms with Crippen LogP contribution in [0.15, 0.2) is 46.0 Å². The van der Waals surface area contributed by atoms with Crippen molar-refractivity contribution in [1.82, 2.24) is 9.62 Å². The molecule has 0 bridgehead atoms. The third-order valence-electron chi connectivity index (χ3n) is 3.35. The fourth-order valence-corrected chi connectivity index (χ4v) is 3.80. The lowest BCUT2D eigenvalue weighted by Crippen LogP contribution is -2.34. The lowest BCUT2D eigenvalue weighted by atomic mass is 10.1. The first-order chi connectivity index (χ1) is 9.90. The van der Waals surface area contributed by atoms with Crippen LogP contribution in [0, 0.1) is 6.92 Å². The third kappa shape index (κ3) is 4.14. The number of benzene rings is 1. The van der Waals surface area contributed by atoms with Gasteiger partial charge in [0.2, 0.25) is 10.0 Å². The van der Waals surface area contributed by atoms with E-state index >= 15 is 0 Å². The van der Waals surface area contributed by atoms with Crippen LogP contribution in [0.25, 0.3) is 0 Å². The maximum Gasteiger partial charge on any atom is 0.240 e. The van der Waals surface area contributed by atoms with E-state index in [1.807, 2.05) is 42.7 Å². The number of aryl methyl sites for hydroxylation is 1. The summed E-state index contributed by atoms with van der Waals surface area (Å²) in [6, 6.07) is 8.92. The molecule has 0 aliphatic rings. The number of hydrogen-bond acceptors (Lipinski definition) is 4. The maximum atomic E-state index is 12.3. The van der Waals surface area contributed by atoms with Crippen LogP contribution in [-0.4, -0.2) is 34.0 Å². The Hall–Kier alpha value is -1.21. The van der Waals surface area contributed by atoms with E-state index in [-0.39, 0.29) is 6.04 Å². The van der Waals surface area contributed by atoms with E-state index in [4.69, 9.17) is 0 Å². The predicted molar refractivity (Wildman–Crippen MR) is 87.1 cm³/mol. The van der Waals surface area contributed by atoms with E-state index < -0.39 is 10.0 Å². The van der Waals surface area contributed by atoms with Crippen LogP contribution in [-0.2, 0) is 10.0 Å². The zero-order valence-corrected chi connectivity index (χ0v) is 14.0. The van der Waals surface area contributed by atoms with Crippen molar-refractivity contribution < 1.29 is 8.42 Å². The molecular weight excluding hydrogens is 304 g/mol. The summed E-state index contributed by atoms with van der Waals surface area (Å²) in [6.07, 6.45) is 0. The summed E-state index contributed by atoms with van der Waals surface area (Å²) in [4.78, 5) is 2.32. The van der Waals surface area contributed by atoms with Gasteiger partial charge in [0, 0.05) is 12.6 Å². The van der Waals surface area contributed by atoms with Gasteiger partial charge in [0.1, 0.15) is 0 Å². The Morgan fingerprint density at radius 3 is 2.38 bits per heavy atom. The minimum Gasteiger partial charge on any atom is -0.301 e. The average Bonchev–Trinajstić information content (AvgIpc) is 2.93. The van der Waals surface area contributed by atoms with Gasteiger partial charge in [-0.15, -0.1) is 0 Å². The highest BCUT2D eigenvalue weighted by Crippen LogP contribution is 2.21. The molecule has 0 saturated carbocycles. The standard InChI is InChI=1S/C15H20N2O2S2/c1-12-4-6-14(7-5-12)21(18,19)16-10-15(17(2)3)13-8-9-20-11-13/h4-9,11,15-16H,10H2,1-3H3/t15-/m1/s1. The van der Waals surface area contributed by atoms with Crippen molar-refractivity contribution >= 4 is 21.4 Å². The molecule has 21 heavy (non-hydrogen) atoms. The minimum absolute atomic E-state index is 0.0245. The fourth-order valence-electron chi connectivity index (χ4n) is 2.05. The van der Waals surface area contributed by atoms with E-state index in [2.05, 4.69) is 4.72 Å². The molecule has 0 radical (unpaired) electrons. The molecule has 0 fully saturated rings. The summed E-state index contributed by atoms with van der Waals surface area (Å²) in [6.45, 7) is 2.28. The van der Waals surface area contributed by atoms with E-state index in [9.17, 15) is 8.42 Å². The first-order valence-corrected chi connectivity index (χ1v) is 9.07. The number of nitrogens with one attached hydrogen (secondary N) is 1. The van der Waals surface area contributed by atoms with Crippen LogP contribution in [0.2, 0.25) is 0 Å². The second-order valence-electron chi connectivity index (χ2n) is 5.20. The van der Waals surface area contributed by atoms with Crippen molar-refractivity contribution in [1.29, 1.82) is 0 Å². The lowest BCUT2D eigenvalue weighted by Gasteiger charge is -2.24. The number of sulfonamides is 1. The van der Waals surface area contributed by atoms with Gasteiger partial charge in [-0.25, -0.2) is 13.1 Å². The van der Waals surface area contributed by atoms with E-state index in [1.54, 1.807) is 35.6 Å². The zero-order chi connectivity index (χ0) is 15.5. The minimum atomic E-state index is -3.47. The van der Waals surface area contributed by atoms with Gasteiger partial charge in [-0.2, -0.15) is 11.3 Å². The van der Waals surface area contributed by atoms with Gasteiger partial charge in [0.05, 0.1) is 4.90 Å². The van der Waals surface area contributed by atoms with Crippen molar-refractivity contribution in [2.24, 2.45) is 0 Å². The molecule has 1 heterocycles. The van der Waals surface area contributed by atoms with Crippen molar-refractivity contribution in [2.45, 2.75) is 17.9 Å². The molecule has 0 spiro atoms. The highest BCUT2D eigenvalue weighted by Gasteiger charge is 2.19. The Morgan fingerprint density at radius 1 is 1.19 bits per heavy atom. The molecule has 0 unspecified atom stereocenters. The van der Waals surface area contributed by atoms with Gasteiger partial charge >= 0.3 is 0 Å². The van der Waals surface area contributed by atoms with Crippen LogP contribution in [0.1, 0.15) is 17.2 Å². The van der Waals surface area contributed by atoms with Gasteiger partial charge in [0.25, 0.3) is 0 Å². The topological polar surface area (TPSA) is 49.4 Å². The second kappa shape index (κ2) is 6.70. The number of thiophene rings is 1. The van der Waals surface area contributed by atoms with E-state index in [0.717, 1.165) is 11.1 Å². The number of rotatable bonds is 6. The molecule has 2 aromatic rings. The molecule has 0 saturated heterocycles. The predicted octanol–water partition coefficient (Wildman–Crippen LogP) is 2.64. The van der Waals surface area contributed by atoms with Crippen molar-refractivity contribution in [3.63, 3.8) is 0 Å². The lowest BCUT2D eigenvalue weighted by molar-refractivity contribution is 0.300. The molecule has 1 atom stereocenters. The van der Waals surface area contributed by atoms with Gasteiger partial charge in [0.15, 0.2) is 0 Å². The summed E-state index contributed by atoms with van der Waals surface area (Å²) in [5, 5.41) is 4.05. The molecular formula is C15H20N2O2S2. The Bertz CT molecular complexity index is 662.